The molecule has 188 valence electrons. The van der Waals surface area contributed by atoms with Crippen LogP contribution in [0.15, 0.2) is 66.7 Å². The SMILES string of the molecule is CCCCC(C)COc1ccc(-c2cc(N)cc(-c3ccc(OCC(C)CCCC)cc3)c2)cc1. The van der Waals surface area contributed by atoms with Crippen molar-refractivity contribution in [3.8, 4) is 33.8 Å². The van der Waals surface area contributed by atoms with Gasteiger partial charge in [0.2, 0.25) is 0 Å². The number of anilines is 1. The van der Waals surface area contributed by atoms with Gasteiger partial charge < -0.3 is 15.2 Å². The quantitative estimate of drug-likeness (QED) is 0.238. The smallest absolute Gasteiger partial charge is 0.119 e. The van der Waals surface area contributed by atoms with Crippen LogP contribution >= 0.6 is 0 Å². The first kappa shape index (κ1) is 26.7. The maximum absolute atomic E-state index is 6.29. The molecule has 2 unspecified atom stereocenters. The molecule has 0 saturated carbocycles. The molecule has 2 atom stereocenters. The highest BCUT2D eigenvalue weighted by Gasteiger charge is 2.08. The fraction of sp³-hybridized carbons (Fsp3) is 0.438. The molecule has 3 heteroatoms. The summed E-state index contributed by atoms with van der Waals surface area (Å²) in [5, 5.41) is 0. The Morgan fingerprint density at radius 1 is 0.600 bits per heavy atom. The average Bonchev–Trinajstić information content (AvgIpc) is 2.88. The van der Waals surface area contributed by atoms with Gasteiger partial charge in [-0.25, -0.2) is 0 Å². The second-order valence-corrected chi connectivity index (χ2v) is 10.0. The third kappa shape index (κ3) is 8.65. The highest BCUT2D eigenvalue weighted by Crippen LogP contribution is 2.31. The van der Waals surface area contributed by atoms with Crippen LogP contribution in [0.3, 0.4) is 0 Å². The Balaban J connectivity index is 1.64. The molecule has 0 fully saturated rings. The number of ether oxygens (including phenoxy) is 2. The summed E-state index contributed by atoms with van der Waals surface area (Å²) < 4.78 is 12.0. The normalized spacial score (nSPS) is 12.8. The van der Waals surface area contributed by atoms with Crippen molar-refractivity contribution >= 4 is 5.69 Å². The van der Waals surface area contributed by atoms with Gasteiger partial charge in [-0.1, -0.05) is 77.6 Å². The van der Waals surface area contributed by atoms with Gasteiger partial charge in [-0.2, -0.15) is 0 Å². The van der Waals surface area contributed by atoms with Gasteiger partial charge >= 0.3 is 0 Å². The molecule has 3 rings (SSSR count). The molecule has 0 aliphatic carbocycles. The van der Waals surface area contributed by atoms with Crippen LogP contribution in [0.4, 0.5) is 5.69 Å². The minimum atomic E-state index is 0.576. The van der Waals surface area contributed by atoms with Crippen molar-refractivity contribution in [2.24, 2.45) is 11.8 Å². The maximum Gasteiger partial charge on any atom is 0.119 e. The molecule has 3 aromatic carbocycles. The van der Waals surface area contributed by atoms with Crippen LogP contribution < -0.4 is 15.2 Å². The number of nitrogen functional groups attached to an aromatic ring is 1. The van der Waals surface area contributed by atoms with E-state index >= 15 is 0 Å². The van der Waals surface area contributed by atoms with Gasteiger partial charge in [-0.05, 0) is 89.4 Å². The van der Waals surface area contributed by atoms with E-state index in [0.29, 0.717) is 11.8 Å². The fourth-order valence-electron chi connectivity index (χ4n) is 4.22. The van der Waals surface area contributed by atoms with Crippen LogP contribution in [0.25, 0.3) is 22.3 Å². The molecular weight excluding hydrogens is 430 g/mol. The zero-order chi connectivity index (χ0) is 25.0. The highest BCUT2D eigenvalue weighted by atomic mass is 16.5. The lowest BCUT2D eigenvalue weighted by molar-refractivity contribution is 0.250. The zero-order valence-electron chi connectivity index (χ0n) is 22.1. The second kappa shape index (κ2) is 13.8. The van der Waals surface area contributed by atoms with Crippen LogP contribution in [0.1, 0.15) is 66.2 Å². The predicted molar refractivity (Wildman–Crippen MR) is 150 cm³/mol. The molecule has 0 bridgehead atoms. The van der Waals surface area contributed by atoms with Crippen molar-refractivity contribution < 1.29 is 9.47 Å². The summed E-state index contributed by atoms with van der Waals surface area (Å²) in [5.41, 5.74) is 11.5. The molecular formula is C32H43NO2. The van der Waals surface area contributed by atoms with Crippen molar-refractivity contribution in [1.29, 1.82) is 0 Å². The van der Waals surface area contributed by atoms with E-state index in [-0.39, 0.29) is 0 Å². The Kier molecular flexibility index (Phi) is 10.5. The Hall–Kier alpha value is -2.94. The lowest BCUT2D eigenvalue weighted by atomic mass is 9.98. The lowest BCUT2D eigenvalue weighted by Crippen LogP contribution is -2.08. The molecule has 0 spiro atoms. The summed E-state index contributed by atoms with van der Waals surface area (Å²) in [6.45, 7) is 10.5. The largest absolute Gasteiger partial charge is 0.493 e. The summed E-state index contributed by atoms with van der Waals surface area (Å²) in [4.78, 5) is 0. The Morgan fingerprint density at radius 3 is 1.37 bits per heavy atom. The standard InChI is InChI=1S/C32H43NO2/c1-5-7-9-24(3)22-34-31-15-11-26(12-16-31)28-19-29(21-30(33)20-28)27-13-17-32(18-14-27)35-23-25(4)10-8-6-2/h11-21,24-25H,5-10,22-23,33H2,1-4H3. The van der Waals surface area contributed by atoms with Crippen LogP contribution in [0, 0.1) is 11.8 Å². The van der Waals surface area contributed by atoms with Crippen LogP contribution in [0.2, 0.25) is 0 Å². The molecule has 0 aliphatic rings. The van der Waals surface area contributed by atoms with Crippen molar-refractivity contribution in [3.05, 3.63) is 66.7 Å². The van der Waals surface area contributed by atoms with Gasteiger partial charge in [0.1, 0.15) is 11.5 Å². The van der Waals surface area contributed by atoms with Gasteiger partial charge in [0.15, 0.2) is 0 Å². The molecule has 2 N–H and O–H groups in total. The first-order valence-corrected chi connectivity index (χ1v) is 13.4. The average molecular weight is 474 g/mol. The van der Waals surface area contributed by atoms with E-state index in [1.807, 2.05) is 12.1 Å². The monoisotopic (exact) mass is 473 g/mol. The van der Waals surface area contributed by atoms with E-state index in [1.54, 1.807) is 0 Å². The Labute approximate surface area is 212 Å². The molecule has 0 radical (unpaired) electrons. The summed E-state index contributed by atoms with van der Waals surface area (Å²) in [7, 11) is 0. The second-order valence-electron chi connectivity index (χ2n) is 10.0. The van der Waals surface area contributed by atoms with Crippen LogP contribution in [-0.4, -0.2) is 13.2 Å². The Bertz CT molecular complexity index is 931. The van der Waals surface area contributed by atoms with Crippen molar-refractivity contribution in [1.82, 2.24) is 0 Å². The van der Waals surface area contributed by atoms with Crippen LogP contribution in [0.5, 0.6) is 11.5 Å². The van der Waals surface area contributed by atoms with Gasteiger partial charge in [-0.3, -0.25) is 0 Å². The molecule has 0 aromatic heterocycles. The topological polar surface area (TPSA) is 44.5 Å². The zero-order valence-corrected chi connectivity index (χ0v) is 22.1. The first-order chi connectivity index (χ1) is 17.0. The van der Waals surface area contributed by atoms with Crippen molar-refractivity contribution in [2.45, 2.75) is 66.2 Å². The number of rotatable bonds is 14. The summed E-state index contributed by atoms with van der Waals surface area (Å²) >= 11 is 0. The van der Waals surface area contributed by atoms with Crippen molar-refractivity contribution in [2.75, 3.05) is 18.9 Å². The molecule has 0 aliphatic heterocycles. The Morgan fingerprint density at radius 2 is 1.00 bits per heavy atom. The summed E-state index contributed by atoms with van der Waals surface area (Å²) in [5.74, 6) is 2.99. The van der Waals surface area contributed by atoms with Crippen LogP contribution in [-0.2, 0) is 0 Å². The minimum Gasteiger partial charge on any atom is -0.493 e. The van der Waals surface area contributed by atoms with E-state index in [2.05, 4.69) is 82.3 Å². The highest BCUT2D eigenvalue weighted by molar-refractivity contribution is 5.77. The molecule has 3 nitrogen and oxygen atoms in total. The van der Waals surface area contributed by atoms with Gasteiger partial charge in [0.25, 0.3) is 0 Å². The molecule has 35 heavy (non-hydrogen) atoms. The number of benzene rings is 3. The number of hydrogen-bond donors (Lipinski definition) is 1. The summed E-state index contributed by atoms with van der Waals surface area (Å²) in [6.07, 6.45) is 7.41. The fourth-order valence-corrected chi connectivity index (χ4v) is 4.22. The number of unbranched alkanes of at least 4 members (excludes halogenated alkanes) is 2. The summed E-state index contributed by atoms with van der Waals surface area (Å²) in [6, 6.07) is 22.9. The first-order valence-electron chi connectivity index (χ1n) is 13.4. The minimum absolute atomic E-state index is 0.576. The van der Waals surface area contributed by atoms with E-state index in [4.69, 9.17) is 15.2 Å². The lowest BCUT2D eigenvalue weighted by Gasteiger charge is -2.14. The number of hydrogen-bond acceptors (Lipinski definition) is 3. The van der Waals surface area contributed by atoms with Crippen molar-refractivity contribution in [3.63, 3.8) is 0 Å². The van der Waals surface area contributed by atoms with Gasteiger partial charge in [0.05, 0.1) is 13.2 Å². The number of nitrogens with two attached hydrogens (primary N) is 1. The van der Waals surface area contributed by atoms with E-state index in [1.165, 1.54) is 38.5 Å². The molecule has 3 aromatic rings. The van der Waals surface area contributed by atoms with Gasteiger partial charge in [-0.15, -0.1) is 0 Å². The predicted octanol–water partition coefficient (Wildman–Crippen LogP) is 9.01. The maximum atomic E-state index is 6.29. The van der Waals surface area contributed by atoms with E-state index in [9.17, 15) is 0 Å². The molecule has 0 saturated heterocycles. The molecule has 0 amide bonds. The van der Waals surface area contributed by atoms with Gasteiger partial charge in [0, 0.05) is 5.69 Å². The third-order valence-corrected chi connectivity index (χ3v) is 6.50. The molecule has 0 heterocycles. The van der Waals surface area contributed by atoms with E-state index < -0.39 is 0 Å². The van der Waals surface area contributed by atoms with E-state index in [0.717, 1.165) is 52.7 Å². The third-order valence-electron chi connectivity index (χ3n) is 6.50.